The summed E-state index contributed by atoms with van der Waals surface area (Å²) in [5.74, 6) is -0.579. The first kappa shape index (κ1) is 19.6. The van der Waals surface area contributed by atoms with Gasteiger partial charge in [-0.15, -0.1) is 0 Å². The van der Waals surface area contributed by atoms with Crippen LogP contribution in [0.15, 0.2) is 48.5 Å². The third-order valence-corrected chi connectivity index (χ3v) is 3.69. The van der Waals surface area contributed by atoms with Crippen LogP contribution in [0.1, 0.15) is 15.9 Å². The molecule has 0 saturated heterocycles. The molecule has 0 saturated carbocycles. The fourth-order valence-corrected chi connectivity index (χ4v) is 2.25. The molecule has 2 aromatic carbocycles. The van der Waals surface area contributed by atoms with Gasteiger partial charge in [0.1, 0.15) is 0 Å². The van der Waals surface area contributed by atoms with Crippen molar-refractivity contribution in [2.24, 2.45) is 0 Å². The van der Waals surface area contributed by atoms with Gasteiger partial charge in [-0.2, -0.15) is 13.2 Å². The molecule has 1 amide bonds. The van der Waals surface area contributed by atoms with E-state index in [1.165, 1.54) is 12.1 Å². The molecule has 1 atom stereocenters. The van der Waals surface area contributed by atoms with Crippen molar-refractivity contribution >= 4 is 29.2 Å². The molecule has 0 aliphatic carbocycles. The lowest BCUT2D eigenvalue weighted by Gasteiger charge is -2.21. The first-order chi connectivity index (χ1) is 12.2. The van der Waals surface area contributed by atoms with Gasteiger partial charge >= 0.3 is 12.3 Å². The molecule has 0 aliphatic heterocycles. The molecule has 2 aromatic rings. The van der Waals surface area contributed by atoms with Crippen LogP contribution in [0.4, 0.5) is 23.7 Å². The van der Waals surface area contributed by atoms with Crippen LogP contribution < -0.4 is 10.6 Å². The number of hydrogen-bond acceptors (Lipinski definition) is 4. The van der Waals surface area contributed by atoms with Crippen molar-refractivity contribution in [2.75, 3.05) is 12.4 Å². The van der Waals surface area contributed by atoms with Gasteiger partial charge in [0.25, 0.3) is 0 Å². The molecule has 0 aromatic heterocycles. The summed E-state index contributed by atoms with van der Waals surface area (Å²) in [6.45, 7) is 0. The van der Waals surface area contributed by atoms with Gasteiger partial charge in [0.15, 0.2) is 6.17 Å². The van der Waals surface area contributed by atoms with Gasteiger partial charge in [0, 0.05) is 5.56 Å². The van der Waals surface area contributed by atoms with E-state index >= 15 is 0 Å². The van der Waals surface area contributed by atoms with Crippen molar-refractivity contribution < 1.29 is 27.5 Å². The number of carbonyl (C=O) groups is 2. The van der Waals surface area contributed by atoms with Gasteiger partial charge in [0.05, 0.1) is 23.4 Å². The Balaban J connectivity index is 2.35. The van der Waals surface area contributed by atoms with Crippen molar-refractivity contribution in [1.29, 1.82) is 0 Å². The fourth-order valence-electron chi connectivity index (χ4n) is 2.08. The Labute approximate surface area is 152 Å². The second-order valence-corrected chi connectivity index (χ2v) is 5.54. The Morgan fingerprint density at radius 2 is 1.77 bits per heavy atom. The van der Waals surface area contributed by atoms with Crippen molar-refractivity contribution in [1.82, 2.24) is 5.32 Å². The number of halogens is 4. The van der Waals surface area contributed by atoms with Gasteiger partial charge in [-0.05, 0) is 18.2 Å². The average Bonchev–Trinajstić information content (AvgIpc) is 2.61. The smallest absolute Gasteiger partial charge is 0.416 e. The Morgan fingerprint density at radius 1 is 1.12 bits per heavy atom. The zero-order valence-corrected chi connectivity index (χ0v) is 14.2. The number of alkyl carbamates (subject to hydrolysis) is 1. The van der Waals surface area contributed by atoms with Crippen LogP contribution in [0.3, 0.4) is 0 Å². The summed E-state index contributed by atoms with van der Waals surface area (Å²) in [6, 6.07) is 10.5. The number of ether oxygens (including phenoxy) is 1. The summed E-state index contributed by atoms with van der Waals surface area (Å²) in [6.07, 6.45) is -6.91. The van der Waals surface area contributed by atoms with E-state index in [2.05, 4.69) is 15.4 Å². The second-order valence-electron chi connectivity index (χ2n) is 5.14. The van der Waals surface area contributed by atoms with Crippen molar-refractivity contribution in [2.45, 2.75) is 12.3 Å². The van der Waals surface area contributed by atoms with Gasteiger partial charge in [-0.25, -0.2) is 4.79 Å². The standard InChI is InChI=1S/C17H14ClF3N2O3/c1-26-16(25)23-15(14(24)10-5-3-2-4-6-10)22-13-9-11(17(19,20)21)7-8-12(13)18/h2-9,15,22H,1H3,(H,23,25)/t15-/m1/s1. The number of Topliss-reactive ketones (excluding diaryl/α,β-unsaturated/α-hetero) is 1. The SMILES string of the molecule is COC(=O)N[C@@H](Nc1cc(C(F)(F)F)ccc1Cl)C(=O)c1ccccc1. The van der Waals surface area contributed by atoms with E-state index in [0.29, 0.717) is 0 Å². The molecule has 0 radical (unpaired) electrons. The Bertz CT molecular complexity index is 798. The maximum Gasteiger partial charge on any atom is 0.416 e. The predicted octanol–water partition coefficient (Wildman–Crippen LogP) is 4.34. The lowest BCUT2D eigenvalue weighted by atomic mass is 10.1. The number of rotatable bonds is 5. The van der Waals surface area contributed by atoms with Gasteiger partial charge in [0.2, 0.25) is 5.78 Å². The summed E-state index contributed by atoms with van der Waals surface area (Å²) in [4.78, 5) is 24.1. The van der Waals surface area contributed by atoms with E-state index in [4.69, 9.17) is 11.6 Å². The predicted molar refractivity (Wildman–Crippen MR) is 90.2 cm³/mol. The van der Waals surface area contributed by atoms with Crippen LogP contribution in [0.25, 0.3) is 0 Å². The minimum absolute atomic E-state index is 0.0458. The van der Waals surface area contributed by atoms with E-state index in [9.17, 15) is 22.8 Å². The minimum Gasteiger partial charge on any atom is -0.453 e. The first-order valence-corrected chi connectivity index (χ1v) is 7.67. The zero-order valence-electron chi connectivity index (χ0n) is 13.4. The number of methoxy groups -OCH3 is 1. The molecule has 0 heterocycles. The fraction of sp³-hybridized carbons (Fsp3) is 0.176. The van der Waals surface area contributed by atoms with Crippen LogP contribution in [0.5, 0.6) is 0 Å². The number of anilines is 1. The molecule has 2 rings (SSSR count). The minimum atomic E-state index is -4.59. The van der Waals surface area contributed by atoms with E-state index in [0.717, 1.165) is 25.3 Å². The van der Waals surface area contributed by atoms with Crippen LogP contribution in [0, 0.1) is 0 Å². The molecule has 26 heavy (non-hydrogen) atoms. The molecule has 0 fully saturated rings. The molecule has 9 heteroatoms. The highest BCUT2D eigenvalue weighted by atomic mass is 35.5. The van der Waals surface area contributed by atoms with Gasteiger partial charge in [-0.3, -0.25) is 10.1 Å². The zero-order chi connectivity index (χ0) is 19.3. The maximum atomic E-state index is 12.9. The van der Waals surface area contributed by atoms with E-state index in [1.54, 1.807) is 18.2 Å². The Hall–Kier alpha value is -2.74. The highest BCUT2D eigenvalue weighted by Gasteiger charge is 2.31. The van der Waals surface area contributed by atoms with Crippen LogP contribution >= 0.6 is 11.6 Å². The van der Waals surface area contributed by atoms with Crippen LogP contribution in [0.2, 0.25) is 5.02 Å². The first-order valence-electron chi connectivity index (χ1n) is 7.29. The third kappa shape index (κ3) is 4.89. The molecular weight excluding hydrogens is 373 g/mol. The largest absolute Gasteiger partial charge is 0.453 e. The van der Waals surface area contributed by atoms with Crippen molar-refractivity contribution in [3.63, 3.8) is 0 Å². The number of alkyl halides is 3. The normalized spacial score (nSPS) is 12.2. The quantitative estimate of drug-likeness (QED) is 0.592. The summed E-state index contributed by atoms with van der Waals surface area (Å²) in [7, 11) is 1.09. The number of hydrogen-bond donors (Lipinski definition) is 2. The van der Waals surface area contributed by atoms with Crippen molar-refractivity contribution in [3.8, 4) is 0 Å². The van der Waals surface area contributed by atoms with Crippen molar-refractivity contribution in [3.05, 3.63) is 64.7 Å². The van der Waals surface area contributed by atoms with Crippen LogP contribution in [-0.4, -0.2) is 25.2 Å². The van der Waals surface area contributed by atoms with Gasteiger partial charge in [-0.1, -0.05) is 41.9 Å². The Kier molecular flexibility index (Phi) is 6.10. The number of carbonyl (C=O) groups excluding carboxylic acids is 2. The number of nitrogens with one attached hydrogen (secondary N) is 2. The molecule has 138 valence electrons. The monoisotopic (exact) mass is 386 g/mol. The molecule has 2 N–H and O–H groups in total. The van der Waals surface area contributed by atoms with E-state index in [1.807, 2.05) is 0 Å². The van der Waals surface area contributed by atoms with Gasteiger partial charge < -0.3 is 10.1 Å². The average molecular weight is 387 g/mol. The highest BCUT2D eigenvalue weighted by Crippen LogP contribution is 2.34. The van der Waals surface area contributed by atoms with E-state index < -0.39 is 29.8 Å². The molecule has 5 nitrogen and oxygen atoms in total. The lowest BCUT2D eigenvalue weighted by Crippen LogP contribution is -2.46. The summed E-state index contributed by atoms with van der Waals surface area (Å²) < 4.78 is 43.2. The Morgan fingerprint density at radius 3 is 2.35 bits per heavy atom. The molecular formula is C17H14ClF3N2O3. The molecule has 0 bridgehead atoms. The lowest BCUT2D eigenvalue weighted by molar-refractivity contribution is -0.137. The third-order valence-electron chi connectivity index (χ3n) is 3.36. The number of ketones is 1. The summed E-state index contributed by atoms with van der Waals surface area (Å²) in [5, 5.41) is 4.72. The summed E-state index contributed by atoms with van der Waals surface area (Å²) in [5.41, 5.74) is -0.870. The second kappa shape index (κ2) is 8.09. The molecule has 0 aliphatic rings. The number of benzene rings is 2. The molecule has 0 unspecified atom stereocenters. The maximum absolute atomic E-state index is 12.9. The van der Waals surface area contributed by atoms with Crippen LogP contribution in [-0.2, 0) is 10.9 Å². The highest BCUT2D eigenvalue weighted by molar-refractivity contribution is 6.33. The van der Waals surface area contributed by atoms with E-state index in [-0.39, 0.29) is 16.3 Å². The molecule has 0 spiro atoms. The summed E-state index contributed by atoms with van der Waals surface area (Å²) >= 11 is 5.93. The number of amides is 1. The topological polar surface area (TPSA) is 67.4 Å².